The van der Waals surface area contributed by atoms with Crippen LogP contribution in [-0.4, -0.2) is 16.2 Å². The Labute approximate surface area is 89.8 Å². The van der Waals surface area contributed by atoms with Crippen LogP contribution >= 0.6 is 15.9 Å². The monoisotopic (exact) mass is 258 g/mol. The van der Waals surface area contributed by atoms with Gasteiger partial charge in [0.25, 0.3) is 0 Å². The van der Waals surface area contributed by atoms with E-state index in [1.54, 1.807) is 0 Å². The molecule has 0 heterocycles. The summed E-state index contributed by atoms with van der Waals surface area (Å²) in [5, 5.41) is 9.32. The number of alkyl halides is 1. The van der Waals surface area contributed by atoms with Crippen LogP contribution in [-0.2, 0) is 0 Å². The van der Waals surface area contributed by atoms with Crippen LogP contribution in [0.1, 0.15) is 0 Å². The molecule has 4 heteroatoms. The predicted molar refractivity (Wildman–Crippen MR) is 54.6 cm³/mol. The molecule has 0 amide bonds. The lowest BCUT2D eigenvalue weighted by molar-refractivity contribution is 0.129. The summed E-state index contributed by atoms with van der Waals surface area (Å²) < 4.78 is 16.1. The molecule has 1 rings (SSSR count). The third-order valence-electron chi connectivity index (χ3n) is 1.46. The van der Waals surface area contributed by atoms with Gasteiger partial charge < -0.3 is 9.84 Å². The highest BCUT2D eigenvalue weighted by atomic mass is 79.9. The van der Waals surface area contributed by atoms with Gasteiger partial charge in [-0.3, -0.25) is 0 Å². The molecular weight excluding hydrogens is 251 g/mol. The van der Waals surface area contributed by atoms with Crippen molar-refractivity contribution in [3.8, 4) is 18.1 Å². The minimum Gasteiger partial charge on any atom is -0.489 e. The molecule has 1 N–H and O–H groups in total. The van der Waals surface area contributed by atoms with E-state index in [0.29, 0.717) is 5.75 Å². The number of rotatable bonds is 3. The van der Waals surface area contributed by atoms with E-state index in [2.05, 4.69) is 21.9 Å². The van der Waals surface area contributed by atoms with Gasteiger partial charge in [-0.15, -0.1) is 6.42 Å². The van der Waals surface area contributed by atoms with E-state index in [1.807, 2.05) is 0 Å². The van der Waals surface area contributed by atoms with Crippen LogP contribution in [0.3, 0.4) is 0 Å². The van der Waals surface area contributed by atoms with Gasteiger partial charge >= 0.3 is 0 Å². The van der Waals surface area contributed by atoms with Gasteiger partial charge in [-0.2, -0.15) is 0 Å². The van der Waals surface area contributed by atoms with Crippen molar-refractivity contribution >= 4 is 15.9 Å². The summed E-state index contributed by atoms with van der Waals surface area (Å²) in [5.41, 5.74) is 0. The highest BCUT2D eigenvalue weighted by molar-refractivity contribution is 9.10. The molecule has 1 aromatic rings. The molecule has 0 saturated carbocycles. The third kappa shape index (κ3) is 3.36. The maximum atomic E-state index is 12.5. The van der Waals surface area contributed by atoms with Gasteiger partial charge in [-0.25, -0.2) is 4.39 Å². The van der Waals surface area contributed by atoms with E-state index in [9.17, 15) is 9.50 Å². The fourth-order valence-corrected chi connectivity index (χ4v) is 0.866. The number of halogens is 2. The number of hydrogen-bond donors (Lipinski definition) is 1. The smallest absolute Gasteiger partial charge is 0.215 e. The van der Waals surface area contributed by atoms with Crippen molar-refractivity contribution in [3.63, 3.8) is 0 Å². The van der Waals surface area contributed by atoms with Crippen molar-refractivity contribution in [2.24, 2.45) is 0 Å². The molecule has 2 nitrogen and oxygen atoms in total. The van der Waals surface area contributed by atoms with Gasteiger partial charge in [-0.1, -0.05) is 5.92 Å². The van der Waals surface area contributed by atoms with E-state index in [4.69, 9.17) is 11.2 Å². The van der Waals surface area contributed by atoms with Gasteiger partial charge in [0, 0.05) is 0 Å². The summed E-state index contributed by atoms with van der Waals surface area (Å²) in [7, 11) is 0. The Morgan fingerprint density at radius 3 is 2.57 bits per heavy atom. The Bertz CT molecular complexity index is 340. The average Bonchev–Trinajstić information content (AvgIpc) is 2.17. The van der Waals surface area contributed by atoms with Crippen molar-refractivity contribution in [2.75, 3.05) is 6.61 Å². The fraction of sp³-hybridized carbons (Fsp3) is 0.200. The van der Waals surface area contributed by atoms with Crippen LogP contribution in [0.5, 0.6) is 5.75 Å². The maximum absolute atomic E-state index is 12.5. The lowest BCUT2D eigenvalue weighted by Gasteiger charge is -2.14. The molecular formula is C10H8BrFO2. The molecule has 0 bridgehead atoms. The SMILES string of the molecule is C#C[C@](O)(Br)COc1ccc(F)cc1. The first-order chi connectivity index (χ1) is 6.53. The van der Waals surface area contributed by atoms with E-state index < -0.39 is 4.51 Å². The topological polar surface area (TPSA) is 29.5 Å². The predicted octanol–water partition coefficient (Wildman–Crippen LogP) is 1.92. The highest BCUT2D eigenvalue weighted by Crippen LogP contribution is 2.17. The average molecular weight is 259 g/mol. The Morgan fingerprint density at radius 1 is 1.50 bits per heavy atom. The summed E-state index contributed by atoms with van der Waals surface area (Å²) in [4.78, 5) is 0. The molecule has 0 saturated heterocycles. The molecule has 1 atom stereocenters. The quantitative estimate of drug-likeness (QED) is 0.663. The molecule has 74 valence electrons. The van der Waals surface area contributed by atoms with Gasteiger partial charge in [0.15, 0.2) is 0 Å². The molecule has 1 aromatic carbocycles. The van der Waals surface area contributed by atoms with Crippen molar-refractivity contribution in [1.82, 2.24) is 0 Å². The molecule has 0 aliphatic rings. The van der Waals surface area contributed by atoms with Crippen LogP contribution in [0.4, 0.5) is 4.39 Å². The minimum atomic E-state index is -1.48. The standard InChI is InChI=1S/C10H8BrFO2/c1-2-10(11,13)7-14-9-5-3-8(12)4-6-9/h1,3-6,13H,7H2/t10-/m1/s1. The molecule has 0 aliphatic heterocycles. The van der Waals surface area contributed by atoms with Crippen LogP contribution in [0.25, 0.3) is 0 Å². The van der Waals surface area contributed by atoms with Gasteiger partial charge in [0.2, 0.25) is 4.51 Å². The minimum absolute atomic E-state index is 0.102. The lowest BCUT2D eigenvalue weighted by Crippen LogP contribution is -2.26. The third-order valence-corrected chi connectivity index (χ3v) is 1.92. The summed E-state index contributed by atoms with van der Waals surface area (Å²) in [6.45, 7) is -0.102. The van der Waals surface area contributed by atoms with Crippen LogP contribution in [0, 0.1) is 18.2 Å². The zero-order valence-corrected chi connectivity index (χ0v) is 8.79. The second-order valence-electron chi connectivity index (χ2n) is 2.65. The molecule has 0 spiro atoms. The van der Waals surface area contributed by atoms with Crippen LogP contribution < -0.4 is 4.74 Å². The van der Waals surface area contributed by atoms with Gasteiger partial charge in [0.1, 0.15) is 18.2 Å². The van der Waals surface area contributed by atoms with E-state index >= 15 is 0 Å². The number of terminal acetylenes is 1. The zero-order valence-electron chi connectivity index (χ0n) is 7.21. The van der Waals surface area contributed by atoms with Crippen molar-refractivity contribution < 1.29 is 14.2 Å². The maximum Gasteiger partial charge on any atom is 0.215 e. The Morgan fingerprint density at radius 2 is 2.07 bits per heavy atom. The first-order valence-electron chi connectivity index (χ1n) is 3.81. The lowest BCUT2D eigenvalue weighted by atomic mass is 10.3. The highest BCUT2D eigenvalue weighted by Gasteiger charge is 2.19. The van der Waals surface area contributed by atoms with Gasteiger partial charge in [-0.05, 0) is 40.2 Å². The van der Waals surface area contributed by atoms with Crippen molar-refractivity contribution in [3.05, 3.63) is 30.1 Å². The van der Waals surface area contributed by atoms with Gasteiger partial charge in [0.05, 0.1) is 0 Å². The molecule has 0 aliphatic carbocycles. The van der Waals surface area contributed by atoms with E-state index in [-0.39, 0.29) is 12.4 Å². The van der Waals surface area contributed by atoms with Crippen molar-refractivity contribution in [1.29, 1.82) is 0 Å². The van der Waals surface area contributed by atoms with Crippen LogP contribution in [0.2, 0.25) is 0 Å². The zero-order chi connectivity index (χ0) is 10.6. The number of hydrogen-bond acceptors (Lipinski definition) is 2. The molecule has 0 radical (unpaired) electrons. The largest absolute Gasteiger partial charge is 0.489 e. The Kier molecular flexibility index (Phi) is 3.50. The van der Waals surface area contributed by atoms with E-state index in [1.165, 1.54) is 24.3 Å². The molecule has 0 unspecified atom stereocenters. The summed E-state index contributed by atoms with van der Waals surface area (Å²) in [6, 6.07) is 5.43. The normalized spacial score (nSPS) is 14.1. The number of ether oxygens (including phenoxy) is 1. The van der Waals surface area contributed by atoms with Crippen LogP contribution in [0.15, 0.2) is 24.3 Å². The molecule has 14 heavy (non-hydrogen) atoms. The first-order valence-corrected chi connectivity index (χ1v) is 4.60. The van der Waals surface area contributed by atoms with Crippen molar-refractivity contribution in [2.45, 2.75) is 4.51 Å². The summed E-state index contributed by atoms with van der Waals surface area (Å²) in [6.07, 6.45) is 5.01. The molecule has 0 aromatic heterocycles. The Hall–Kier alpha value is -1.05. The first kappa shape index (κ1) is 11.0. The fourth-order valence-electron chi connectivity index (χ4n) is 0.751. The second-order valence-corrected chi connectivity index (χ2v) is 3.96. The summed E-state index contributed by atoms with van der Waals surface area (Å²) >= 11 is 2.87. The number of benzene rings is 1. The second kappa shape index (κ2) is 4.45. The summed E-state index contributed by atoms with van der Waals surface area (Å²) in [5.74, 6) is 2.20. The molecule has 0 fully saturated rings. The Balaban J connectivity index is 2.55. The number of aliphatic hydroxyl groups is 1. The van der Waals surface area contributed by atoms with E-state index in [0.717, 1.165) is 0 Å².